The van der Waals surface area contributed by atoms with Crippen LogP contribution < -0.4 is 5.32 Å². The number of piperidine rings is 1. The molecule has 4 rings (SSSR count). The Morgan fingerprint density at radius 3 is 2.76 bits per heavy atom. The Hall–Kier alpha value is -1.83. The van der Waals surface area contributed by atoms with Crippen LogP contribution >= 0.6 is 11.8 Å². The first-order valence-electron chi connectivity index (χ1n) is 10.1. The fraction of sp³-hybridized carbons (Fsp3) is 0.409. The standard InChI is InChI=1S/C22H26N2O3S2/c1-16-7-4-5-13-24(16)29(26,27)18-9-6-8-17(15-18)22(25)23-20-12-14-28-21-11-3-2-10-19(20)21/h2-3,6,8-11,15-16,20H,4-5,7,12-14H2,1H3,(H,23,25)/t16-,20-/m1/s1. The molecule has 0 bridgehead atoms. The van der Waals surface area contributed by atoms with Gasteiger partial charge in [-0.15, -0.1) is 11.8 Å². The molecule has 7 heteroatoms. The average Bonchev–Trinajstić information content (AvgIpc) is 2.74. The largest absolute Gasteiger partial charge is 0.345 e. The fourth-order valence-electron chi connectivity index (χ4n) is 4.10. The molecule has 0 unspecified atom stereocenters. The number of nitrogens with zero attached hydrogens (tertiary/aromatic N) is 1. The topological polar surface area (TPSA) is 66.5 Å². The predicted molar refractivity (Wildman–Crippen MR) is 116 cm³/mol. The van der Waals surface area contributed by atoms with E-state index in [1.807, 2.05) is 25.1 Å². The van der Waals surface area contributed by atoms with E-state index in [9.17, 15) is 13.2 Å². The minimum atomic E-state index is -3.60. The number of carbonyl (C=O) groups is 1. The van der Waals surface area contributed by atoms with Gasteiger partial charge < -0.3 is 5.32 Å². The van der Waals surface area contributed by atoms with E-state index in [0.29, 0.717) is 12.1 Å². The maximum absolute atomic E-state index is 13.1. The molecule has 1 fully saturated rings. The van der Waals surface area contributed by atoms with Crippen molar-refractivity contribution in [2.45, 2.75) is 54.5 Å². The fourth-order valence-corrected chi connectivity index (χ4v) is 6.97. The number of thioether (sulfide) groups is 1. The molecule has 154 valence electrons. The minimum absolute atomic E-state index is 0.0116. The van der Waals surface area contributed by atoms with Crippen molar-refractivity contribution in [3.05, 3.63) is 59.7 Å². The first-order valence-corrected chi connectivity index (χ1v) is 12.5. The van der Waals surface area contributed by atoms with Gasteiger partial charge in [0.1, 0.15) is 0 Å². The highest BCUT2D eigenvalue weighted by Crippen LogP contribution is 2.36. The number of hydrogen-bond donors (Lipinski definition) is 1. The number of benzene rings is 2. The Labute approximate surface area is 176 Å². The number of sulfonamides is 1. The zero-order valence-electron chi connectivity index (χ0n) is 16.5. The van der Waals surface area contributed by atoms with Crippen LogP contribution in [-0.4, -0.2) is 37.0 Å². The highest BCUT2D eigenvalue weighted by atomic mass is 32.2. The van der Waals surface area contributed by atoms with E-state index in [1.54, 1.807) is 34.3 Å². The van der Waals surface area contributed by atoms with Gasteiger partial charge in [-0.1, -0.05) is 30.7 Å². The molecule has 0 aliphatic carbocycles. The molecule has 5 nitrogen and oxygen atoms in total. The summed E-state index contributed by atoms with van der Waals surface area (Å²) in [4.78, 5) is 14.3. The SMILES string of the molecule is C[C@@H]1CCCCN1S(=O)(=O)c1cccc(C(=O)N[C@@H]2CCSc3ccccc32)c1. The van der Waals surface area contributed by atoms with Gasteiger partial charge in [-0.2, -0.15) is 4.31 Å². The summed E-state index contributed by atoms with van der Waals surface area (Å²) in [5.41, 5.74) is 1.51. The molecule has 0 radical (unpaired) electrons. The predicted octanol–water partition coefficient (Wildman–Crippen LogP) is 4.22. The highest BCUT2D eigenvalue weighted by Gasteiger charge is 2.31. The van der Waals surface area contributed by atoms with Gasteiger partial charge in [-0.25, -0.2) is 8.42 Å². The molecule has 2 aromatic carbocycles. The second kappa shape index (κ2) is 8.50. The number of nitrogens with one attached hydrogen (secondary N) is 1. The maximum atomic E-state index is 13.1. The second-order valence-corrected chi connectivity index (χ2v) is 10.7. The second-order valence-electron chi connectivity index (χ2n) is 7.69. The first kappa shape index (κ1) is 20.4. The van der Waals surface area contributed by atoms with Gasteiger partial charge in [0.15, 0.2) is 0 Å². The molecule has 1 saturated heterocycles. The number of carbonyl (C=O) groups excluding carboxylic acids is 1. The van der Waals surface area contributed by atoms with E-state index in [2.05, 4.69) is 11.4 Å². The third kappa shape index (κ3) is 4.22. The van der Waals surface area contributed by atoms with Crippen molar-refractivity contribution in [1.82, 2.24) is 9.62 Å². The third-order valence-corrected chi connectivity index (χ3v) is 8.84. The summed E-state index contributed by atoms with van der Waals surface area (Å²) in [6.45, 7) is 2.49. The Bertz CT molecular complexity index is 1010. The number of fused-ring (bicyclic) bond motifs is 1. The van der Waals surface area contributed by atoms with Crippen LogP contribution in [-0.2, 0) is 10.0 Å². The van der Waals surface area contributed by atoms with Gasteiger partial charge in [0, 0.05) is 28.8 Å². The first-order chi connectivity index (χ1) is 14.0. The van der Waals surface area contributed by atoms with E-state index >= 15 is 0 Å². The monoisotopic (exact) mass is 430 g/mol. The van der Waals surface area contributed by atoms with Crippen molar-refractivity contribution in [2.75, 3.05) is 12.3 Å². The molecular formula is C22H26N2O3S2. The van der Waals surface area contributed by atoms with Gasteiger partial charge in [-0.05, 0) is 56.0 Å². The summed E-state index contributed by atoms with van der Waals surface area (Å²) in [5.74, 6) is 0.712. The van der Waals surface area contributed by atoms with Crippen molar-refractivity contribution < 1.29 is 13.2 Å². The molecule has 2 atom stereocenters. The van der Waals surface area contributed by atoms with Crippen LogP contribution in [0.25, 0.3) is 0 Å². The minimum Gasteiger partial charge on any atom is -0.345 e. The highest BCUT2D eigenvalue weighted by molar-refractivity contribution is 7.99. The van der Waals surface area contributed by atoms with Crippen LogP contribution in [0.2, 0.25) is 0 Å². The summed E-state index contributed by atoms with van der Waals surface area (Å²) in [6, 6.07) is 14.5. The Morgan fingerprint density at radius 1 is 1.10 bits per heavy atom. The molecule has 1 amide bonds. The Morgan fingerprint density at radius 2 is 1.93 bits per heavy atom. The molecule has 2 heterocycles. The lowest BCUT2D eigenvalue weighted by Crippen LogP contribution is -2.42. The van der Waals surface area contributed by atoms with Gasteiger partial charge >= 0.3 is 0 Å². The molecule has 2 aromatic rings. The zero-order chi connectivity index (χ0) is 20.4. The molecule has 1 N–H and O–H groups in total. The summed E-state index contributed by atoms with van der Waals surface area (Å²) < 4.78 is 27.8. The van der Waals surface area contributed by atoms with E-state index in [0.717, 1.165) is 37.0 Å². The molecular weight excluding hydrogens is 404 g/mol. The van der Waals surface area contributed by atoms with Crippen LogP contribution in [0.15, 0.2) is 58.3 Å². The lowest BCUT2D eigenvalue weighted by atomic mass is 10.0. The molecule has 0 spiro atoms. The summed E-state index contributed by atoms with van der Waals surface area (Å²) in [7, 11) is -3.60. The van der Waals surface area contributed by atoms with Crippen LogP contribution in [0.3, 0.4) is 0 Å². The van der Waals surface area contributed by atoms with Crippen LogP contribution in [0, 0.1) is 0 Å². The lowest BCUT2D eigenvalue weighted by Gasteiger charge is -2.32. The Kier molecular flexibility index (Phi) is 5.99. The maximum Gasteiger partial charge on any atom is 0.251 e. The number of rotatable bonds is 4. The van der Waals surface area contributed by atoms with Gasteiger partial charge in [0.25, 0.3) is 5.91 Å². The lowest BCUT2D eigenvalue weighted by molar-refractivity contribution is 0.0934. The van der Waals surface area contributed by atoms with E-state index in [-0.39, 0.29) is 22.9 Å². The van der Waals surface area contributed by atoms with E-state index in [1.165, 1.54) is 11.0 Å². The summed E-state index contributed by atoms with van der Waals surface area (Å²) in [6.07, 6.45) is 3.66. The van der Waals surface area contributed by atoms with E-state index < -0.39 is 10.0 Å². The smallest absolute Gasteiger partial charge is 0.251 e. The van der Waals surface area contributed by atoms with Crippen LogP contribution in [0.1, 0.15) is 54.6 Å². The van der Waals surface area contributed by atoms with Crippen LogP contribution in [0.5, 0.6) is 0 Å². The molecule has 0 saturated carbocycles. The van der Waals surface area contributed by atoms with Crippen molar-refractivity contribution in [1.29, 1.82) is 0 Å². The van der Waals surface area contributed by atoms with Crippen molar-refractivity contribution in [3.63, 3.8) is 0 Å². The molecule has 2 aliphatic heterocycles. The third-order valence-electron chi connectivity index (χ3n) is 5.71. The summed E-state index contributed by atoms with van der Waals surface area (Å²) in [5, 5.41) is 3.10. The normalized spacial score (nSPS) is 22.7. The Balaban J connectivity index is 1.55. The van der Waals surface area contributed by atoms with Crippen molar-refractivity contribution in [3.8, 4) is 0 Å². The van der Waals surface area contributed by atoms with E-state index in [4.69, 9.17) is 0 Å². The zero-order valence-corrected chi connectivity index (χ0v) is 18.1. The van der Waals surface area contributed by atoms with Gasteiger partial charge in [0.05, 0.1) is 10.9 Å². The van der Waals surface area contributed by atoms with Crippen LogP contribution in [0.4, 0.5) is 0 Å². The molecule has 0 aromatic heterocycles. The molecule has 2 aliphatic rings. The summed E-state index contributed by atoms with van der Waals surface area (Å²) >= 11 is 1.80. The number of hydrogen-bond acceptors (Lipinski definition) is 4. The van der Waals surface area contributed by atoms with Crippen molar-refractivity contribution >= 4 is 27.7 Å². The average molecular weight is 431 g/mol. The molecule has 29 heavy (non-hydrogen) atoms. The van der Waals surface area contributed by atoms with Crippen molar-refractivity contribution in [2.24, 2.45) is 0 Å². The quantitative estimate of drug-likeness (QED) is 0.789. The number of amides is 1. The van der Waals surface area contributed by atoms with Gasteiger partial charge in [0.2, 0.25) is 10.0 Å². The van der Waals surface area contributed by atoms with Gasteiger partial charge in [-0.3, -0.25) is 4.79 Å².